The third-order valence-corrected chi connectivity index (χ3v) is 5.39. The lowest BCUT2D eigenvalue weighted by Crippen LogP contribution is -2.33. The number of carbonyl (C=O) groups excluding carboxylic acids is 3. The van der Waals surface area contributed by atoms with Crippen molar-refractivity contribution in [2.75, 3.05) is 7.05 Å². The van der Waals surface area contributed by atoms with E-state index in [0.717, 1.165) is 39.6 Å². The van der Waals surface area contributed by atoms with Crippen LogP contribution in [0.2, 0.25) is 0 Å². The van der Waals surface area contributed by atoms with E-state index >= 15 is 0 Å². The van der Waals surface area contributed by atoms with Crippen molar-refractivity contribution < 1.29 is 19.1 Å². The molecule has 0 radical (unpaired) electrons. The minimum atomic E-state index is -0.535. The van der Waals surface area contributed by atoms with Gasteiger partial charge in [0.15, 0.2) is 0 Å². The van der Waals surface area contributed by atoms with Gasteiger partial charge in [0.2, 0.25) is 0 Å². The fourth-order valence-electron chi connectivity index (χ4n) is 3.11. The standard InChI is InChI=1S/C24H26N2O4S/c1-15-11-19(10-9-17(15)13-20-21(27)25-22(28)31-20)18-8-6-7-16(12-18)14-26(5)23(29)30-24(2,3)4/h6-13H,14H2,1-5H3,(H,25,27,28). The van der Waals surface area contributed by atoms with E-state index in [9.17, 15) is 14.4 Å². The van der Waals surface area contributed by atoms with Gasteiger partial charge < -0.3 is 9.64 Å². The Morgan fingerprint density at radius 3 is 2.45 bits per heavy atom. The van der Waals surface area contributed by atoms with Crippen molar-refractivity contribution >= 4 is 35.1 Å². The second kappa shape index (κ2) is 8.98. The Balaban J connectivity index is 1.77. The quantitative estimate of drug-likeness (QED) is 0.651. The van der Waals surface area contributed by atoms with Crippen molar-refractivity contribution in [2.24, 2.45) is 0 Å². The van der Waals surface area contributed by atoms with Gasteiger partial charge in [-0.05, 0) is 79.4 Å². The van der Waals surface area contributed by atoms with Crippen molar-refractivity contribution in [2.45, 2.75) is 39.8 Å². The number of aryl methyl sites for hydroxylation is 1. The summed E-state index contributed by atoms with van der Waals surface area (Å²) in [7, 11) is 1.72. The number of carbonyl (C=O) groups is 3. The van der Waals surface area contributed by atoms with Crippen LogP contribution in [0.4, 0.5) is 9.59 Å². The lowest BCUT2D eigenvalue weighted by Gasteiger charge is -2.24. The Labute approximate surface area is 186 Å². The average Bonchev–Trinajstić information content (AvgIpc) is 2.99. The molecule has 0 spiro atoms. The van der Waals surface area contributed by atoms with Crippen molar-refractivity contribution in [3.8, 4) is 11.1 Å². The molecule has 2 aromatic rings. The lowest BCUT2D eigenvalue weighted by molar-refractivity contribution is -0.115. The maximum absolute atomic E-state index is 12.2. The molecule has 31 heavy (non-hydrogen) atoms. The molecule has 1 N–H and O–H groups in total. The first kappa shape index (κ1) is 22.6. The van der Waals surface area contributed by atoms with Gasteiger partial charge in [0.05, 0.1) is 4.91 Å². The summed E-state index contributed by atoms with van der Waals surface area (Å²) >= 11 is 0.910. The molecule has 0 aromatic heterocycles. The number of imide groups is 1. The van der Waals surface area contributed by atoms with E-state index in [0.29, 0.717) is 11.4 Å². The number of nitrogens with one attached hydrogen (secondary N) is 1. The first-order valence-electron chi connectivity index (χ1n) is 9.91. The minimum Gasteiger partial charge on any atom is -0.444 e. The molecule has 1 heterocycles. The van der Waals surface area contributed by atoms with Crippen LogP contribution >= 0.6 is 11.8 Å². The Morgan fingerprint density at radius 2 is 1.84 bits per heavy atom. The smallest absolute Gasteiger partial charge is 0.410 e. The third-order valence-electron chi connectivity index (χ3n) is 4.58. The van der Waals surface area contributed by atoms with Gasteiger partial charge in [0, 0.05) is 13.6 Å². The fourth-order valence-corrected chi connectivity index (χ4v) is 3.78. The molecule has 1 aliphatic rings. The molecule has 3 amide bonds. The maximum atomic E-state index is 12.2. The molecule has 162 valence electrons. The molecule has 0 bridgehead atoms. The fraction of sp³-hybridized carbons (Fsp3) is 0.292. The zero-order valence-electron chi connectivity index (χ0n) is 18.3. The predicted molar refractivity (Wildman–Crippen MR) is 123 cm³/mol. The molecule has 0 atom stereocenters. The number of ether oxygens (including phenoxy) is 1. The van der Waals surface area contributed by atoms with Gasteiger partial charge in [0.1, 0.15) is 5.60 Å². The molecule has 0 aliphatic carbocycles. The molecule has 1 fully saturated rings. The van der Waals surface area contributed by atoms with E-state index in [1.165, 1.54) is 0 Å². The summed E-state index contributed by atoms with van der Waals surface area (Å²) in [6.45, 7) is 7.94. The maximum Gasteiger partial charge on any atom is 0.410 e. The molecule has 2 aromatic carbocycles. The van der Waals surface area contributed by atoms with E-state index in [4.69, 9.17) is 4.74 Å². The Hall–Kier alpha value is -3.06. The van der Waals surface area contributed by atoms with Gasteiger partial charge >= 0.3 is 6.09 Å². The SMILES string of the molecule is Cc1cc(-c2cccc(CN(C)C(=O)OC(C)(C)C)c2)ccc1C=C1SC(=O)NC1=O. The Kier molecular flexibility index (Phi) is 6.55. The minimum absolute atomic E-state index is 0.348. The van der Waals surface area contributed by atoms with Crippen molar-refractivity contribution in [1.29, 1.82) is 0 Å². The Morgan fingerprint density at radius 1 is 1.13 bits per heavy atom. The highest BCUT2D eigenvalue weighted by atomic mass is 32.2. The molecule has 1 saturated heterocycles. The van der Waals surface area contributed by atoms with Crippen LogP contribution in [0.1, 0.15) is 37.5 Å². The average molecular weight is 439 g/mol. The zero-order valence-corrected chi connectivity index (χ0v) is 19.1. The number of rotatable bonds is 4. The van der Waals surface area contributed by atoms with Gasteiger partial charge in [-0.25, -0.2) is 4.79 Å². The van der Waals surface area contributed by atoms with E-state index in [-0.39, 0.29) is 17.2 Å². The summed E-state index contributed by atoms with van der Waals surface area (Å²) in [5.41, 5.74) is 4.40. The van der Waals surface area contributed by atoms with Crippen LogP contribution in [-0.2, 0) is 16.1 Å². The van der Waals surface area contributed by atoms with Crippen LogP contribution in [0.3, 0.4) is 0 Å². The number of hydrogen-bond acceptors (Lipinski definition) is 5. The van der Waals surface area contributed by atoms with Crippen LogP contribution in [0, 0.1) is 6.92 Å². The molecule has 6 nitrogen and oxygen atoms in total. The van der Waals surface area contributed by atoms with Crippen molar-refractivity contribution in [3.05, 3.63) is 64.1 Å². The van der Waals surface area contributed by atoms with Gasteiger partial charge in [-0.1, -0.05) is 36.4 Å². The lowest BCUT2D eigenvalue weighted by atomic mass is 9.98. The highest BCUT2D eigenvalue weighted by molar-refractivity contribution is 8.18. The molecule has 1 aliphatic heterocycles. The molecule has 3 rings (SSSR count). The summed E-state index contributed by atoms with van der Waals surface area (Å²) in [5, 5.41) is 1.92. The van der Waals surface area contributed by atoms with Crippen LogP contribution < -0.4 is 5.32 Å². The monoisotopic (exact) mass is 438 g/mol. The first-order valence-corrected chi connectivity index (χ1v) is 10.7. The van der Waals surface area contributed by atoms with Gasteiger partial charge in [-0.2, -0.15) is 0 Å². The van der Waals surface area contributed by atoms with Crippen LogP contribution in [0.25, 0.3) is 17.2 Å². The summed E-state index contributed by atoms with van der Waals surface area (Å²) in [6, 6.07) is 14.0. The molecule has 0 unspecified atom stereocenters. The highest BCUT2D eigenvalue weighted by Gasteiger charge is 2.25. The number of nitrogens with zero attached hydrogens (tertiary/aromatic N) is 1. The molecular weight excluding hydrogens is 412 g/mol. The van der Waals surface area contributed by atoms with E-state index in [1.807, 2.05) is 70.2 Å². The van der Waals surface area contributed by atoms with Crippen LogP contribution in [0.15, 0.2) is 47.4 Å². The van der Waals surface area contributed by atoms with Crippen LogP contribution in [0.5, 0.6) is 0 Å². The van der Waals surface area contributed by atoms with Gasteiger partial charge in [0.25, 0.3) is 11.1 Å². The van der Waals surface area contributed by atoms with Gasteiger partial charge in [-0.15, -0.1) is 0 Å². The zero-order chi connectivity index (χ0) is 22.8. The Bertz CT molecular complexity index is 1070. The van der Waals surface area contributed by atoms with Crippen molar-refractivity contribution in [1.82, 2.24) is 10.2 Å². The van der Waals surface area contributed by atoms with E-state index in [2.05, 4.69) is 5.32 Å². The number of amides is 3. The highest BCUT2D eigenvalue weighted by Crippen LogP contribution is 2.29. The molecular formula is C24H26N2O4S. The summed E-state index contributed by atoms with van der Waals surface area (Å²) in [6.07, 6.45) is 1.37. The number of benzene rings is 2. The predicted octanol–water partition coefficient (Wildman–Crippen LogP) is 5.35. The topological polar surface area (TPSA) is 75.7 Å². The van der Waals surface area contributed by atoms with E-state index < -0.39 is 5.60 Å². The number of thioether (sulfide) groups is 1. The normalized spacial score (nSPS) is 15.2. The number of hydrogen-bond donors (Lipinski definition) is 1. The molecule has 7 heteroatoms. The summed E-state index contributed by atoms with van der Waals surface area (Å²) in [5.74, 6) is -0.361. The van der Waals surface area contributed by atoms with Gasteiger partial charge in [-0.3, -0.25) is 14.9 Å². The first-order chi connectivity index (χ1) is 14.5. The third kappa shape index (κ3) is 5.98. The van der Waals surface area contributed by atoms with Crippen LogP contribution in [-0.4, -0.2) is 34.8 Å². The largest absolute Gasteiger partial charge is 0.444 e. The van der Waals surface area contributed by atoms with E-state index in [1.54, 1.807) is 18.0 Å². The summed E-state index contributed by atoms with van der Waals surface area (Å²) < 4.78 is 5.41. The summed E-state index contributed by atoms with van der Waals surface area (Å²) in [4.78, 5) is 37.3. The second-order valence-corrected chi connectivity index (χ2v) is 9.48. The second-order valence-electron chi connectivity index (χ2n) is 8.46. The van der Waals surface area contributed by atoms with Crippen molar-refractivity contribution in [3.63, 3.8) is 0 Å². The molecule has 0 saturated carbocycles.